The van der Waals surface area contributed by atoms with Gasteiger partial charge in [0.1, 0.15) is 31.4 Å². The Labute approximate surface area is 444 Å². The molecule has 1 aliphatic carbocycles. The van der Waals surface area contributed by atoms with Gasteiger partial charge in [-0.2, -0.15) is 0 Å². The number of allylic oxidation sites excluding steroid dienone is 1. The van der Waals surface area contributed by atoms with Crippen LogP contribution in [0.15, 0.2) is 35.7 Å². The number of nitrogens with two attached hydrogens (primary N) is 2. The fourth-order valence-electron chi connectivity index (χ4n) is 7.62. The van der Waals surface area contributed by atoms with E-state index in [1.54, 1.807) is 59.0 Å². The van der Waals surface area contributed by atoms with Gasteiger partial charge in [-0.3, -0.25) is 29.8 Å². The molecule has 428 valence electrons. The summed E-state index contributed by atoms with van der Waals surface area (Å²) in [5, 5.41) is 20.3. The third kappa shape index (κ3) is 30.3. The molecule has 0 bridgehead atoms. The predicted octanol–water partition coefficient (Wildman–Crippen LogP) is 2.38. The maximum atomic E-state index is 13.8. The Morgan fingerprint density at radius 2 is 1.29 bits per heavy atom. The Bertz CT molecular complexity index is 1810. The monoisotopic (exact) mass is 1060 g/mol. The molecule has 75 heavy (non-hydrogen) atoms. The summed E-state index contributed by atoms with van der Waals surface area (Å²) in [6.45, 7) is 15.4. The molecule has 12 N–H and O–H groups in total. The average molecular weight is 1070 g/mol. The summed E-state index contributed by atoms with van der Waals surface area (Å²) in [5.41, 5.74) is 10.9. The number of ether oxygens (including phenoxy) is 7. The molecule has 1 aromatic carbocycles. The van der Waals surface area contributed by atoms with Gasteiger partial charge in [0, 0.05) is 37.6 Å². The summed E-state index contributed by atoms with van der Waals surface area (Å²) < 4.78 is 39.1. The minimum Gasteiger partial charge on any atom is -0.461 e. The highest BCUT2D eigenvalue weighted by Gasteiger charge is 2.31. The molecule has 0 saturated heterocycles. The van der Waals surface area contributed by atoms with Crippen LogP contribution in [0.2, 0.25) is 0 Å². The number of rotatable bonds is 42. The van der Waals surface area contributed by atoms with Crippen LogP contribution in [0.25, 0.3) is 0 Å². The van der Waals surface area contributed by atoms with Crippen molar-refractivity contribution in [3.63, 3.8) is 0 Å². The lowest BCUT2D eigenvalue weighted by atomic mass is 9.99. The average Bonchev–Trinajstić information content (AvgIpc) is 3.37. The first-order valence-electron chi connectivity index (χ1n) is 26.8. The van der Waals surface area contributed by atoms with Crippen LogP contribution >= 0.6 is 0 Å². The number of amides is 6. The fourth-order valence-corrected chi connectivity index (χ4v) is 7.62. The van der Waals surface area contributed by atoms with E-state index in [1.165, 1.54) is 0 Å². The van der Waals surface area contributed by atoms with Crippen LogP contribution in [0.1, 0.15) is 111 Å². The van der Waals surface area contributed by atoms with Crippen molar-refractivity contribution in [2.75, 3.05) is 105 Å². The zero-order valence-corrected chi connectivity index (χ0v) is 45.6. The second-order valence-corrected chi connectivity index (χ2v) is 18.8. The van der Waals surface area contributed by atoms with Crippen LogP contribution in [-0.2, 0) is 63.7 Å². The smallest absolute Gasteiger partial charge is 0.312 e. The van der Waals surface area contributed by atoms with Gasteiger partial charge in [0.05, 0.1) is 77.1 Å². The van der Waals surface area contributed by atoms with Crippen molar-refractivity contribution < 1.29 is 61.9 Å². The molecule has 1 unspecified atom stereocenters. The van der Waals surface area contributed by atoms with Gasteiger partial charge in [-0.15, -0.1) is 0 Å². The molecule has 23 nitrogen and oxygen atoms in total. The summed E-state index contributed by atoms with van der Waals surface area (Å²) >= 11 is 0. The van der Waals surface area contributed by atoms with Crippen molar-refractivity contribution in [3.05, 3.63) is 41.2 Å². The van der Waals surface area contributed by atoms with Gasteiger partial charge in [-0.05, 0) is 88.4 Å². The van der Waals surface area contributed by atoms with Crippen LogP contribution in [0, 0.1) is 11.8 Å². The maximum Gasteiger partial charge on any atom is 0.312 e. The number of esters is 1. The Morgan fingerprint density at radius 1 is 0.680 bits per heavy atom. The second-order valence-electron chi connectivity index (χ2n) is 18.8. The standard InChI is InChI=1S/C52H92N10O13/c1-7-25-69-27-29-71-31-33-73-34-32-72-30-28-70-26-24-56-41-14-9-8-10-17-44(47(41)62-54)74-36-45(63)57-22-12-11-15-42(55-6)48(64)61-46(37(2)3)50(66)60-43(16-13-23-58-52(53)68)49(65)59-40-20-18-39(19-21-40)35-75-51(67)38(4)5/h18-21,37-38,42-44,46,55-56,62H,7-17,22-36,54H2,1-6H3,(H,57,63)(H,59,65)(H,60,66)(H,61,64)(H3,53,58,68)/b47-41-/t42-,43+,44?,46+/m1/s1. The molecule has 0 radical (unpaired) electrons. The van der Waals surface area contributed by atoms with E-state index in [0.717, 1.165) is 55.7 Å². The first kappa shape index (κ1) is 66.0. The molecule has 6 amide bonds. The number of benzene rings is 1. The third-order valence-corrected chi connectivity index (χ3v) is 11.9. The highest BCUT2D eigenvalue weighted by molar-refractivity contribution is 5.98. The molecule has 0 fully saturated rings. The summed E-state index contributed by atoms with van der Waals surface area (Å²) in [7, 11) is 1.66. The van der Waals surface area contributed by atoms with E-state index in [9.17, 15) is 28.8 Å². The minimum atomic E-state index is -1.02. The van der Waals surface area contributed by atoms with Gasteiger partial charge >= 0.3 is 12.0 Å². The van der Waals surface area contributed by atoms with Gasteiger partial charge in [0.15, 0.2) is 0 Å². The van der Waals surface area contributed by atoms with E-state index in [4.69, 9.17) is 44.7 Å². The van der Waals surface area contributed by atoms with Crippen molar-refractivity contribution >= 4 is 41.3 Å². The second kappa shape index (κ2) is 41.1. The Hall–Kier alpha value is -5.14. The summed E-state index contributed by atoms with van der Waals surface area (Å²) in [6, 6.07) is 3.40. The first-order chi connectivity index (χ1) is 36.2. The number of hydrogen-bond donors (Lipinski definition) is 10. The van der Waals surface area contributed by atoms with Gasteiger partial charge in [0.25, 0.3) is 0 Å². The van der Waals surface area contributed by atoms with Crippen molar-refractivity contribution in [2.45, 2.75) is 136 Å². The van der Waals surface area contributed by atoms with Crippen LogP contribution in [-0.4, -0.2) is 159 Å². The molecule has 0 aromatic heterocycles. The Kier molecular flexibility index (Phi) is 36.1. The number of likely N-dealkylation sites (N-methyl/N-ethyl adjacent to an activating group) is 1. The lowest BCUT2D eigenvalue weighted by molar-refractivity contribution is -0.148. The normalized spacial score (nSPS) is 16.0. The number of urea groups is 1. The number of carbonyl (C=O) groups is 6. The third-order valence-electron chi connectivity index (χ3n) is 11.9. The molecular weight excluding hydrogens is 973 g/mol. The number of anilines is 1. The van der Waals surface area contributed by atoms with Crippen LogP contribution in [0.3, 0.4) is 0 Å². The molecular formula is C52H92N10O13. The SMILES string of the molecule is CCCOCCOCCOCCOCCOCCN/C1=C(\NN)C(OCC(=O)NCCCC[C@@H](NC)C(=O)N[C@H](C(=O)N[C@@H](CCCNC(N)=O)C(=O)Nc2ccc(COC(=O)C(C)C)cc2)C(C)C)CCCCC1. The van der Waals surface area contributed by atoms with E-state index < -0.39 is 48.0 Å². The van der Waals surface area contributed by atoms with E-state index in [1.807, 2.05) is 0 Å². The molecule has 1 aromatic rings. The number of nitrogens with one attached hydrogen (secondary N) is 8. The summed E-state index contributed by atoms with van der Waals surface area (Å²) in [5.74, 6) is 3.37. The minimum absolute atomic E-state index is 0.0829. The van der Waals surface area contributed by atoms with Crippen LogP contribution in [0.5, 0.6) is 0 Å². The predicted molar refractivity (Wildman–Crippen MR) is 284 cm³/mol. The number of hydrogen-bond acceptors (Lipinski definition) is 17. The highest BCUT2D eigenvalue weighted by Crippen LogP contribution is 2.23. The molecule has 0 saturated carbocycles. The molecule has 0 heterocycles. The first-order valence-corrected chi connectivity index (χ1v) is 26.8. The Balaban J connectivity index is 1.80. The van der Waals surface area contributed by atoms with E-state index in [0.29, 0.717) is 110 Å². The molecule has 0 spiro atoms. The van der Waals surface area contributed by atoms with E-state index in [2.05, 4.69) is 49.6 Å². The zero-order valence-electron chi connectivity index (χ0n) is 45.6. The van der Waals surface area contributed by atoms with Crippen molar-refractivity contribution in [1.29, 1.82) is 0 Å². The summed E-state index contributed by atoms with van der Waals surface area (Å²) in [6.07, 6.45) is 7.08. The van der Waals surface area contributed by atoms with Crippen molar-refractivity contribution in [1.82, 2.24) is 37.3 Å². The number of carbonyl (C=O) groups excluding carboxylic acids is 6. The van der Waals surface area contributed by atoms with Crippen LogP contribution < -0.4 is 54.2 Å². The number of hydrazine groups is 1. The molecule has 0 aliphatic heterocycles. The van der Waals surface area contributed by atoms with E-state index in [-0.39, 0.29) is 49.9 Å². The fraction of sp³-hybridized carbons (Fsp3) is 0.731. The molecule has 4 atom stereocenters. The van der Waals surface area contributed by atoms with E-state index >= 15 is 0 Å². The van der Waals surface area contributed by atoms with Gasteiger partial charge in [-0.25, -0.2) is 4.79 Å². The van der Waals surface area contributed by atoms with Crippen molar-refractivity contribution in [2.24, 2.45) is 23.4 Å². The van der Waals surface area contributed by atoms with Crippen molar-refractivity contribution in [3.8, 4) is 0 Å². The number of primary amides is 1. The molecule has 23 heteroatoms. The lowest BCUT2D eigenvalue weighted by Crippen LogP contribution is -2.57. The van der Waals surface area contributed by atoms with Gasteiger partial charge in [0.2, 0.25) is 23.6 Å². The van der Waals surface area contributed by atoms with Gasteiger partial charge < -0.3 is 81.5 Å². The summed E-state index contributed by atoms with van der Waals surface area (Å²) in [4.78, 5) is 76.9. The topological polar surface area (TPSA) is 315 Å². The number of unbranched alkanes of at least 4 members (excludes halogenated alkanes) is 1. The highest BCUT2D eigenvalue weighted by atomic mass is 16.6. The largest absolute Gasteiger partial charge is 0.461 e. The lowest BCUT2D eigenvalue weighted by Gasteiger charge is -2.27. The molecule has 2 rings (SSSR count). The van der Waals surface area contributed by atoms with Gasteiger partial charge in [-0.1, -0.05) is 59.6 Å². The quantitative estimate of drug-likeness (QED) is 0.0195. The Morgan fingerprint density at radius 3 is 1.88 bits per heavy atom. The zero-order chi connectivity index (χ0) is 55.1. The molecule has 1 aliphatic rings. The van der Waals surface area contributed by atoms with Crippen LogP contribution in [0.4, 0.5) is 10.5 Å². The maximum absolute atomic E-state index is 13.8.